The molecule has 1 atom stereocenters. The Morgan fingerprint density at radius 2 is 2.15 bits per heavy atom. The monoisotopic (exact) mass is 368 g/mol. The van der Waals surface area contributed by atoms with E-state index < -0.39 is 10.7 Å². The average Bonchev–Trinajstić information content (AvgIpc) is 2.81. The molecule has 2 aromatic rings. The third-order valence-electron chi connectivity index (χ3n) is 4.63. The molecule has 8 heteroatoms. The third kappa shape index (κ3) is 3.87. The van der Waals surface area contributed by atoms with Crippen LogP contribution in [0.5, 0.6) is 0 Å². The number of nitrogens with zero attached hydrogens (tertiary/aromatic N) is 3. The van der Waals surface area contributed by atoms with Gasteiger partial charge in [0.2, 0.25) is 5.91 Å². The van der Waals surface area contributed by atoms with E-state index in [1.54, 1.807) is 11.0 Å². The lowest BCUT2D eigenvalue weighted by Crippen LogP contribution is -2.28. The van der Waals surface area contributed by atoms with Gasteiger partial charge in [0, 0.05) is 26.1 Å². The summed E-state index contributed by atoms with van der Waals surface area (Å²) in [4.78, 5) is 24.3. The van der Waals surface area contributed by atoms with E-state index in [0.717, 1.165) is 5.56 Å². The number of nitro groups is 1. The van der Waals surface area contributed by atoms with Crippen molar-refractivity contribution in [2.75, 3.05) is 11.9 Å². The highest BCUT2D eigenvalue weighted by molar-refractivity contribution is 5.73. The fourth-order valence-corrected chi connectivity index (χ4v) is 3.26. The van der Waals surface area contributed by atoms with Crippen molar-refractivity contribution in [1.29, 1.82) is 5.26 Å². The Labute approximate surface area is 155 Å². The van der Waals surface area contributed by atoms with Crippen molar-refractivity contribution in [2.24, 2.45) is 0 Å². The predicted octanol–water partition coefficient (Wildman–Crippen LogP) is 3.51. The number of amides is 1. The van der Waals surface area contributed by atoms with Crippen molar-refractivity contribution in [1.82, 2.24) is 4.90 Å². The van der Waals surface area contributed by atoms with Crippen LogP contribution in [0, 0.1) is 27.3 Å². The molecule has 7 nitrogen and oxygen atoms in total. The molecule has 138 valence electrons. The molecular weight excluding hydrogens is 351 g/mol. The number of carbonyl (C=O) groups is 1. The molecule has 0 aliphatic carbocycles. The molecular formula is C19H17FN4O3. The van der Waals surface area contributed by atoms with Gasteiger partial charge in [0.05, 0.1) is 22.6 Å². The molecule has 0 fully saturated rings. The summed E-state index contributed by atoms with van der Waals surface area (Å²) in [7, 11) is 0. The van der Waals surface area contributed by atoms with Gasteiger partial charge < -0.3 is 10.2 Å². The number of hydrogen-bond donors (Lipinski definition) is 1. The minimum Gasteiger partial charge on any atom is -0.373 e. The Bertz CT molecular complexity index is 954. The van der Waals surface area contributed by atoms with Crippen LogP contribution in [-0.4, -0.2) is 22.3 Å². The van der Waals surface area contributed by atoms with Crippen molar-refractivity contribution >= 4 is 17.3 Å². The quantitative estimate of drug-likeness (QED) is 0.660. The van der Waals surface area contributed by atoms with E-state index in [1.807, 2.05) is 6.07 Å². The standard InChI is InChI=1S/C19H17FN4O3/c1-12(25)23-7-6-17(16-4-3-15(20)9-14(16)11-23)22-18-5-2-13(10-21)8-19(18)24(26)27/h2-5,8-9,17,22H,6-7,11H2,1H3. The van der Waals surface area contributed by atoms with Gasteiger partial charge in [-0.05, 0) is 41.8 Å². The number of hydrogen-bond acceptors (Lipinski definition) is 5. The van der Waals surface area contributed by atoms with Gasteiger partial charge in [0.25, 0.3) is 5.69 Å². The first-order valence-corrected chi connectivity index (χ1v) is 8.38. The molecule has 1 N–H and O–H groups in total. The first kappa shape index (κ1) is 18.3. The highest BCUT2D eigenvalue weighted by Crippen LogP contribution is 2.34. The molecule has 0 radical (unpaired) electrons. The zero-order valence-electron chi connectivity index (χ0n) is 14.6. The number of anilines is 1. The Morgan fingerprint density at radius 3 is 2.81 bits per heavy atom. The van der Waals surface area contributed by atoms with Gasteiger partial charge in [0.1, 0.15) is 11.5 Å². The zero-order valence-corrected chi connectivity index (χ0v) is 14.6. The zero-order chi connectivity index (χ0) is 19.6. The van der Waals surface area contributed by atoms with Crippen molar-refractivity contribution in [3.8, 4) is 6.07 Å². The maximum atomic E-state index is 13.7. The second kappa shape index (κ2) is 7.41. The maximum absolute atomic E-state index is 13.7. The number of benzene rings is 2. The number of nitrogens with one attached hydrogen (secondary N) is 1. The molecule has 1 amide bonds. The molecule has 27 heavy (non-hydrogen) atoms. The van der Waals surface area contributed by atoms with Gasteiger partial charge in [-0.15, -0.1) is 0 Å². The first-order chi connectivity index (χ1) is 12.9. The molecule has 3 rings (SSSR count). The molecule has 2 aromatic carbocycles. The molecule has 1 unspecified atom stereocenters. The predicted molar refractivity (Wildman–Crippen MR) is 96.3 cm³/mol. The Kier molecular flexibility index (Phi) is 5.03. The van der Waals surface area contributed by atoms with Gasteiger partial charge in [-0.3, -0.25) is 14.9 Å². The van der Waals surface area contributed by atoms with Crippen molar-refractivity contribution < 1.29 is 14.1 Å². The SMILES string of the molecule is CC(=O)N1CCC(Nc2ccc(C#N)cc2[N+](=O)[O-])c2ccc(F)cc2C1. The van der Waals surface area contributed by atoms with Gasteiger partial charge in [-0.25, -0.2) is 4.39 Å². The lowest BCUT2D eigenvalue weighted by Gasteiger charge is -2.20. The number of nitro benzene ring substituents is 1. The maximum Gasteiger partial charge on any atom is 0.293 e. The van der Waals surface area contributed by atoms with Gasteiger partial charge in [-0.1, -0.05) is 6.07 Å². The summed E-state index contributed by atoms with van der Waals surface area (Å²) in [6.07, 6.45) is 0.509. The van der Waals surface area contributed by atoms with Crippen LogP contribution in [-0.2, 0) is 11.3 Å². The summed E-state index contributed by atoms with van der Waals surface area (Å²) in [5.41, 5.74) is 1.72. The van der Waals surface area contributed by atoms with Gasteiger partial charge in [0.15, 0.2) is 0 Å². The molecule has 0 saturated carbocycles. The lowest BCUT2D eigenvalue weighted by molar-refractivity contribution is -0.384. The second-order valence-electron chi connectivity index (χ2n) is 6.37. The first-order valence-electron chi connectivity index (χ1n) is 8.38. The van der Waals surface area contributed by atoms with Crippen LogP contribution in [0.25, 0.3) is 0 Å². The Hall–Kier alpha value is -3.47. The van der Waals surface area contributed by atoms with Crippen LogP contribution in [0.15, 0.2) is 36.4 Å². The number of fused-ring (bicyclic) bond motifs is 1. The topological polar surface area (TPSA) is 99.3 Å². The summed E-state index contributed by atoms with van der Waals surface area (Å²) in [6, 6.07) is 10.1. The Balaban J connectivity index is 1.99. The van der Waals surface area contributed by atoms with E-state index in [0.29, 0.717) is 18.5 Å². The summed E-state index contributed by atoms with van der Waals surface area (Å²) >= 11 is 0. The number of carbonyl (C=O) groups excluding carboxylic acids is 1. The molecule has 0 bridgehead atoms. The normalized spacial score (nSPS) is 16.0. The van der Waals surface area contributed by atoms with Crippen LogP contribution in [0.3, 0.4) is 0 Å². The minimum absolute atomic E-state index is 0.116. The molecule has 0 spiro atoms. The highest BCUT2D eigenvalue weighted by atomic mass is 19.1. The number of rotatable bonds is 3. The molecule has 1 aliphatic rings. The van der Waals surface area contributed by atoms with E-state index in [-0.39, 0.29) is 35.4 Å². The fourth-order valence-electron chi connectivity index (χ4n) is 3.26. The van der Waals surface area contributed by atoms with Crippen LogP contribution < -0.4 is 5.32 Å². The lowest BCUT2D eigenvalue weighted by atomic mass is 9.98. The molecule has 1 aliphatic heterocycles. The molecule has 0 saturated heterocycles. The second-order valence-corrected chi connectivity index (χ2v) is 6.37. The molecule has 1 heterocycles. The smallest absolute Gasteiger partial charge is 0.293 e. The van der Waals surface area contributed by atoms with Crippen LogP contribution in [0.1, 0.15) is 36.1 Å². The largest absolute Gasteiger partial charge is 0.373 e. The summed E-state index contributed by atoms with van der Waals surface area (Å²) in [6.45, 7) is 2.18. The van der Waals surface area contributed by atoms with Crippen molar-refractivity contribution in [2.45, 2.75) is 25.9 Å². The van der Waals surface area contributed by atoms with Gasteiger partial charge >= 0.3 is 0 Å². The van der Waals surface area contributed by atoms with E-state index >= 15 is 0 Å². The van der Waals surface area contributed by atoms with Crippen LogP contribution in [0.2, 0.25) is 0 Å². The van der Waals surface area contributed by atoms with Crippen molar-refractivity contribution in [3.63, 3.8) is 0 Å². The molecule has 0 aromatic heterocycles. The average molecular weight is 368 g/mol. The Morgan fingerprint density at radius 1 is 1.37 bits per heavy atom. The third-order valence-corrected chi connectivity index (χ3v) is 4.63. The van der Waals surface area contributed by atoms with E-state index in [9.17, 15) is 19.3 Å². The van der Waals surface area contributed by atoms with E-state index in [4.69, 9.17) is 5.26 Å². The van der Waals surface area contributed by atoms with Crippen LogP contribution in [0.4, 0.5) is 15.8 Å². The number of nitriles is 1. The van der Waals surface area contributed by atoms with E-state index in [1.165, 1.54) is 37.3 Å². The highest BCUT2D eigenvalue weighted by Gasteiger charge is 2.26. The summed E-state index contributed by atoms with van der Waals surface area (Å²) in [5, 5.41) is 23.5. The van der Waals surface area contributed by atoms with Crippen LogP contribution >= 0.6 is 0 Å². The van der Waals surface area contributed by atoms with Crippen molar-refractivity contribution in [3.05, 3.63) is 69.0 Å². The van der Waals surface area contributed by atoms with Gasteiger partial charge in [-0.2, -0.15) is 5.26 Å². The fraction of sp³-hybridized carbons (Fsp3) is 0.263. The minimum atomic E-state index is -0.548. The summed E-state index contributed by atoms with van der Waals surface area (Å²) in [5.74, 6) is -0.516. The summed E-state index contributed by atoms with van der Waals surface area (Å²) < 4.78 is 13.7. The van der Waals surface area contributed by atoms with E-state index in [2.05, 4.69) is 5.32 Å². The number of halogens is 1.